The van der Waals surface area contributed by atoms with Gasteiger partial charge >= 0.3 is 0 Å². The molecule has 3 atom stereocenters. The van der Waals surface area contributed by atoms with E-state index in [-0.39, 0.29) is 30.7 Å². The predicted octanol–water partition coefficient (Wildman–Crippen LogP) is 0.974. The van der Waals surface area contributed by atoms with Gasteiger partial charge in [-0.05, 0) is 31.4 Å². The van der Waals surface area contributed by atoms with Gasteiger partial charge in [0.05, 0.1) is 25.1 Å². The molecule has 2 heterocycles. The van der Waals surface area contributed by atoms with E-state index >= 15 is 0 Å². The molecule has 29 heavy (non-hydrogen) atoms. The van der Waals surface area contributed by atoms with Crippen LogP contribution in [0.5, 0.6) is 0 Å². The highest BCUT2D eigenvalue weighted by Gasteiger charge is 2.37. The van der Waals surface area contributed by atoms with Crippen molar-refractivity contribution in [3.05, 3.63) is 47.4 Å². The standard InChI is InChI=1S/C20H23N5O4/c1-11-17(25-29-24-11)10-22-20(28)12-6-16(18(26)7-12)23-19(27)8-13-9-21-15-5-3-2-4-14(13)15/h2-5,9,12,16,18,21,26H,6-8,10H2,1H3,(H,22,28)(H,23,27)/t12-,16-,18-/m0/s1. The average Bonchev–Trinajstić information content (AvgIpc) is 3.40. The number of benzene rings is 1. The minimum absolute atomic E-state index is 0.177. The van der Waals surface area contributed by atoms with E-state index in [1.165, 1.54) is 0 Å². The Balaban J connectivity index is 1.30. The maximum atomic E-state index is 12.5. The molecule has 1 aliphatic rings. The number of aliphatic hydroxyl groups excluding tert-OH is 1. The van der Waals surface area contributed by atoms with Crippen molar-refractivity contribution in [2.45, 2.75) is 44.9 Å². The second-order valence-electron chi connectivity index (χ2n) is 7.46. The van der Waals surface area contributed by atoms with Gasteiger partial charge in [-0.1, -0.05) is 28.5 Å². The lowest BCUT2D eigenvalue weighted by Crippen LogP contribution is -2.40. The first-order chi connectivity index (χ1) is 14.0. The topological polar surface area (TPSA) is 133 Å². The van der Waals surface area contributed by atoms with Crippen LogP contribution >= 0.6 is 0 Å². The quantitative estimate of drug-likeness (QED) is 0.490. The lowest BCUT2D eigenvalue weighted by Gasteiger charge is -2.16. The minimum atomic E-state index is -0.756. The summed E-state index contributed by atoms with van der Waals surface area (Å²) in [6, 6.07) is 7.34. The Bertz CT molecular complexity index is 1030. The number of aromatic nitrogens is 3. The number of hydrogen-bond donors (Lipinski definition) is 4. The number of rotatable bonds is 6. The second-order valence-corrected chi connectivity index (χ2v) is 7.46. The van der Waals surface area contributed by atoms with Crippen LogP contribution in [0.25, 0.3) is 10.9 Å². The summed E-state index contributed by atoms with van der Waals surface area (Å²) in [5, 5.41) is 24.4. The van der Waals surface area contributed by atoms with Crippen molar-refractivity contribution < 1.29 is 19.3 Å². The SMILES string of the molecule is Cc1nonc1CNC(=O)[C@H]1C[C@H](NC(=O)Cc2c[nH]c3ccccc23)[C@@H](O)C1. The summed E-state index contributed by atoms with van der Waals surface area (Å²) in [4.78, 5) is 28.1. The van der Waals surface area contributed by atoms with Crippen LogP contribution in [0.2, 0.25) is 0 Å². The molecule has 1 saturated carbocycles. The Labute approximate surface area is 166 Å². The van der Waals surface area contributed by atoms with Crippen molar-refractivity contribution in [2.75, 3.05) is 0 Å². The molecule has 0 spiro atoms. The van der Waals surface area contributed by atoms with E-state index in [1.54, 1.807) is 6.92 Å². The van der Waals surface area contributed by atoms with Crippen molar-refractivity contribution in [1.82, 2.24) is 25.9 Å². The number of aromatic amines is 1. The van der Waals surface area contributed by atoms with E-state index in [9.17, 15) is 14.7 Å². The molecule has 0 aliphatic heterocycles. The fraction of sp³-hybridized carbons (Fsp3) is 0.400. The zero-order chi connectivity index (χ0) is 20.4. The first-order valence-electron chi connectivity index (χ1n) is 9.59. The minimum Gasteiger partial charge on any atom is -0.391 e. The third-order valence-corrected chi connectivity index (χ3v) is 5.45. The Hall–Kier alpha value is -3.20. The van der Waals surface area contributed by atoms with E-state index in [1.807, 2.05) is 30.5 Å². The molecular formula is C20H23N5O4. The van der Waals surface area contributed by atoms with Gasteiger partial charge in [0, 0.05) is 23.0 Å². The molecule has 152 valence electrons. The molecule has 4 N–H and O–H groups in total. The summed E-state index contributed by atoms with van der Waals surface area (Å²) in [6.07, 6.45) is 1.98. The largest absolute Gasteiger partial charge is 0.391 e. The highest BCUT2D eigenvalue weighted by atomic mass is 16.6. The van der Waals surface area contributed by atoms with E-state index < -0.39 is 12.1 Å². The monoisotopic (exact) mass is 397 g/mol. The van der Waals surface area contributed by atoms with Crippen LogP contribution in [0.15, 0.2) is 35.1 Å². The van der Waals surface area contributed by atoms with Crippen LogP contribution in [0.4, 0.5) is 0 Å². The van der Waals surface area contributed by atoms with Crippen LogP contribution < -0.4 is 10.6 Å². The molecule has 2 amide bonds. The molecule has 9 heteroatoms. The third kappa shape index (κ3) is 4.14. The summed E-state index contributed by atoms with van der Waals surface area (Å²) >= 11 is 0. The van der Waals surface area contributed by atoms with Crippen LogP contribution in [0.3, 0.4) is 0 Å². The fourth-order valence-corrected chi connectivity index (χ4v) is 3.82. The summed E-state index contributed by atoms with van der Waals surface area (Å²) in [5.74, 6) is -0.729. The highest BCUT2D eigenvalue weighted by molar-refractivity contribution is 5.89. The molecule has 0 saturated heterocycles. The number of carbonyl (C=O) groups is 2. The molecule has 2 aromatic heterocycles. The van der Waals surface area contributed by atoms with Crippen molar-refractivity contribution >= 4 is 22.7 Å². The number of fused-ring (bicyclic) bond motifs is 1. The number of amides is 2. The van der Waals surface area contributed by atoms with Gasteiger partial charge in [0.25, 0.3) is 0 Å². The fourth-order valence-electron chi connectivity index (χ4n) is 3.82. The van der Waals surface area contributed by atoms with Crippen LogP contribution in [0.1, 0.15) is 29.8 Å². The molecule has 0 unspecified atom stereocenters. The molecule has 4 rings (SSSR count). The number of aryl methyl sites for hydroxylation is 1. The number of hydrogen-bond acceptors (Lipinski definition) is 6. The molecule has 1 fully saturated rings. The lowest BCUT2D eigenvalue weighted by atomic mass is 10.1. The van der Waals surface area contributed by atoms with Gasteiger partial charge in [-0.25, -0.2) is 4.63 Å². The first kappa shape index (κ1) is 19.1. The number of nitrogens with zero attached hydrogens (tertiary/aromatic N) is 2. The van der Waals surface area contributed by atoms with E-state index in [0.29, 0.717) is 24.2 Å². The van der Waals surface area contributed by atoms with Crippen LogP contribution in [0, 0.1) is 12.8 Å². The zero-order valence-corrected chi connectivity index (χ0v) is 16.0. The summed E-state index contributed by atoms with van der Waals surface area (Å²) in [5.41, 5.74) is 3.07. The number of H-pyrrole nitrogens is 1. The average molecular weight is 397 g/mol. The summed E-state index contributed by atoms with van der Waals surface area (Å²) in [7, 11) is 0. The van der Waals surface area contributed by atoms with Crippen LogP contribution in [-0.4, -0.2) is 44.4 Å². The van der Waals surface area contributed by atoms with Crippen molar-refractivity contribution in [3.8, 4) is 0 Å². The molecule has 3 aromatic rings. The van der Waals surface area contributed by atoms with Crippen molar-refractivity contribution in [3.63, 3.8) is 0 Å². The molecule has 0 bridgehead atoms. The smallest absolute Gasteiger partial charge is 0.224 e. The second kappa shape index (κ2) is 8.04. The Kier molecular flexibility index (Phi) is 5.30. The number of aliphatic hydroxyl groups is 1. The van der Waals surface area contributed by atoms with Gasteiger partial charge in [0.15, 0.2) is 0 Å². The van der Waals surface area contributed by atoms with E-state index in [4.69, 9.17) is 0 Å². The molecule has 0 radical (unpaired) electrons. The van der Waals surface area contributed by atoms with Gasteiger partial charge in [-0.15, -0.1) is 0 Å². The Morgan fingerprint density at radius 2 is 2.10 bits per heavy atom. The van der Waals surface area contributed by atoms with Gasteiger partial charge in [0.2, 0.25) is 11.8 Å². The van der Waals surface area contributed by atoms with E-state index in [2.05, 4.69) is 30.6 Å². The van der Waals surface area contributed by atoms with Gasteiger partial charge in [-0.2, -0.15) is 0 Å². The van der Waals surface area contributed by atoms with Crippen molar-refractivity contribution in [2.24, 2.45) is 5.92 Å². The van der Waals surface area contributed by atoms with Gasteiger partial charge in [0.1, 0.15) is 11.4 Å². The number of carbonyl (C=O) groups excluding carboxylic acids is 2. The summed E-state index contributed by atoms with van der Waals surface area (Å²) in [6.45, 7) is 1.97. The zero-order valence-electron chi connectivity index (χ0n) is 16.0. The van der Waals surface area contributed by atoms with Gasteiger partial charge in [-0.3, -0.25) is 9.59 Å². The van der Waals surface area contributed by atoms with Gasteiger partial charge < -0.3 is 20.7 Å². The molecule has 1 aliphatic carbocycles. The normalized spacial score (nSPS) is 21.4. The highest BCUT2D eigenvalue weighted by Crippen LogP contribution is 2.27. The molecule has 1 aromatic carbocycles. The van der Waals surface area contributed by atoms with Crippen LogP contribution in [-0.2, 0) is 22.6 Å². The summed E-state index contributed by atoms with van der Waals surface area (Å²) < 4.78 is 4.61. The maximum Gasteiger partial charge on any atom is 0.224 e. The number of nitrogens with one attached hydrogen (secondary N) is 3. The van der Waals surface area contributed by atoms with Crippen molar-refractivity contribution in [1.29, 1.82) is 0 Å². The predicted molar refractivity (Wildman–Crippen MR) is 104 cm³/mol. The number of para-hydroxylation sites is 1. The first-order valence-corrected chi connectivity index (χ1v) is 9.59. The Morgan fingerprint density at radius 1 is 1.28 bits per heavy atom. The maximum absolute atomic E-state index is 12.5. The Morgan fingerprint density at radius 3 is 2.90 bits per heavy atom. The van der Waals surface area contributed by atoms with E-state index in [0.717, 1.165) is 16.5 Å². The molecular weight excluding hydrogens is 374 g/mol. The lowest BCUT2D eigenvalue weighted by molar-refractivity contribution is -0.125. The third-order valence-electron chi connectivity index (χ3n) is 5.45. The molecule has 9 nitrogen and oxygen atoms in total.